The van der Waals surface area contributed by atoms with Crippen LogP contribution in [0, 0.1) is 6.92 Å². The number of hydrogen-bond donors (Lipinski definition) is 0. The predicted octanol–water partition coefficient (Wildman–Crippen LogP) is 3.09. The Labute approximate surface area is 197 Å². The Morgan fingerprint density at radius 1 is 1.09 bits per heavy atom. The number of ether oxygens (including phenoxy) is 1. The fourth-order valence-corrected chi connectivity index (χ4v) is 4.63. The van der Waals surface area contributed by atoms with Crippen molar-refractivity contribution in [2.24, 2.45) is 0 Å². The number of halogens is 1. The Hall–Kier alpha value is -3.16. The second-order valence-electron chi connectivity index (χ2n) is 8.47. The molecule has 0 unspecified atom stereocenters. The van der Waals surface area contributed by atoms with Gasteiger partial charge >= 0.3 is 0 Å². The largest absolute Gasteiger partial charge is 0.493 e. The lowest BCUT2D eigenvalue weighted by Crippen LogP contribution is -2.49. The number of fused-ring (bicyclic) bond motifs is 1. The maximum Gasteiger partial charge on any atom is 0.278 e. The summed E-state index contributed by atoms with van der Waals surface area (Å²) >= 11 is 6.32. The van der Waals surface area contributed by atoms with Crippen molar-refractivity contribution in [3.05, 3.63) is 86.3 Å². The number of hydrogen-bond acceptors (Lipinski definition) is 5. The smallest absolute Gasteiger partial charge is 0.278 e. The van der Waals surface area contributed by atoms with Crippen molar-refractivity contribution >= 4 is 17.5 Å². The molecular weight excluding hydrogens is 440 g/mol. The normalized spacial score (nSPS) is 15.9. The molecule has 2 aromatic carbocycles. The van der Waals surface area contributed by atoms with Crippen LogP contribution in [0.2, 0.25) is 5.02 Å². The molecule has 0 radical (unpaired) electrons. The minimum atomic E-state index is -0.372. The van der Waals surface area contributed by atoms with Gasteiger partial charge in [0.25, 0.3) is 5.91 Å². The van der Waals surface area contributed by atoms with Gasteiger partial charge in [0.1, 0.15) is 5.75 Å². The maximum atomic E-state index is 13.2. The van der Waals surface area contributed by atoms with Crippen molar-refractivity contribution in [1.29, 1.82) is 0 Å². The lowest BCUT2D eigenvalue weighted by atomic mass is 10.1. The molecule has 0 spiro atoms. The third-order valence-corrected chi connectivity index (χ3v) is 6.53. The number of amides is 1. The van der Waals surface area contributed by atoms with E-state index in [1.807, 2.05) is 24.3 Å². The molecule has 3 aromatic rings. The van der Waals surface area contributed by atoms with E-state index in [4.69, 9.17) is 16.3 Å². The summed E-state index contributed by atoms with van der Waals surface area (Å²) in [5, 5.41) is 4.90. The second-order valence-corrected chi connectivity index (χ2v) is 8.88. The van der Waals surface area contributed by atoms with E-state index in [1.54, 1.807) is 22.6 Å². The summed E-state index contributed by atoms with van der Waals surface area (Å²) in [6.45, 7) is 5.94. The van der Waals surface area contributed by atoms with Crippen molar-refractivity contribution in [2.75, 3.05) is 32.8 Å². The highest BCUT2D eigenvalue weighted by molar-refractivity contribution is 6.32. The SMILES string of the molecule is Cc1cc(=O)c(C(=O)N2CCN(Cc3ccc4c(c3)CCO4)CC2)nn1-c1ccccc1Cl. The first-order chi connectivity index (χ1) is 16.0. The second kappa shape index (κ2) is 9.00. The summed E-state index contributed by atoms with van der Waals surface area (Å²) in [5.41, 5.74) is 3.32. The number of aryl methyl sites for hydroxylation is 1. The first-order valence-corrected chi connectivity index (χ1v) is 11.5. The van der Waals surface area contributed by atoms with E-state index in [2.05, 4.69) is 22.1 Å². The molecule has 0 atom stereocenters. The molecule has 170 valence electrons. The van der Waals surface area contributed by atoms with Gasteiger partial charge in [0.05, 0.1) is 17.3 Å². The molecule has 3 heterocycles. The van der Waals surface area contributed by atoms with Crippen LogP contribution in [0.5, 0.6) is 5.75 Å². The van der Waals surface area contributed by atoms with E-state index in [1.165, 1.54) is 17.2 Å². The Balaban J connectivity index is 1.29. The van der Waals surface area contributed by atoms with Gasteiger partial charge in [-0.15, -0.1) is 0 Å². The maximum absolute atomic E-state index is 13.2. The highest BCUT2D eigenvalue weighted by atomic mass is 35.5. The van der Waals surface area contributed by atoms with Crippen LogP contribution in [-0.4, -0.2) is 58.3 Å². The quantitative estimate of drug-likeness (QED) is 0.593. The first kappa shape index (κ1) is 21.7. The summed E-state index contributed by atoms with van der Waals surface area (Å²) in [4.78, 5) is 29.8. The van der Waals surface area contributed by atoms with Crippen LogP contribution in [0.25, 0.3) is 5.69 Å². The lowest BCUT2D eigenvalue weighted by molar-refractivity contribution is 0.0619. The Bertz CT molecular complexity index is 1260. The van der Waals surface area contributed by atoms with Crippen molar-refractivity contribution in [1.82, 2.24) is 19.6 Å². The number of piperazine rings is 1. The van der Waals surface area contributed by atoms with Crippen LogP contribution in [0.15, 0.2) is 53.3 Å². The van der Waals surface area contributed by atoms with Crippen molar-refractivity contribution < 1.29 is 9.53 Å². The van der Waals surface area contributed by atoms with Crippen LogP contribution in [0.3, 0.4) is 0 Å². The van der Waals surface area contributed by atoms with Gasteiger partial charge in [-0.1, -0.05) is 35.9 Å². The molecule has 33 heavy (non-hydrogen) atoms. The van der Waals surface area contributed by atoms with Gasteiger partial charge in [-0.05, 0) is 36.2 Å². The number of benzene rings is 2. The van der Waals surface area contributed by atoms with E-state index in [0.29, 0.717) is 29.5 Å². The van der Waals surface area contributed by atoms with Crippen LogP contribution in [0.4, 0.5) is 0 Å². The summed E-state index contributed by atoms with van der Waals surface area (Å²) in [6.07, 6.45) is 0.959. The average Bonchev–Trinajstić information content (AvgIpc) is 3.28. The summed E-state index contributed by atoms with van der Waals surface area (Å²) in [5.74, 6) is 0.650. The molecule has 1 aromatic heterocycles. The molecule has 0 N–H and O–H groups in total. The third-order valence-electron chi connectivity index (χ3n) is 6.21. The van der Waals surface area contributed by atoms with E-state index in [0.717, 1.165) is 38.4 Å². The number of carbonyl (C=O) groups is 1. The number of aromatic nitrogens is 2. The highest BCUT2D eigenvalue weighted by Gasteiger charge is 2.26. The van der Waals surface area contributed by atoms with Crippen LogP contribution >= 0.6 is 11.6 Å². The topological polar surface area (TPSA) is 67.7 Å². The van der Waals surface area contributed by atoms with Crippen LogP contribution in [0.1, 0.15) is 27.3 Å². The molecule has 0 aliphatic carbocycles. The number of carbonyl (C=O) groups excluding carboxylic acids is 1. The molecule has 1 fully saturated rings. The molecule has 8 heteroatoms. The predicted molar refractivity (Wildman–Crippen MR) is 126 cm³/mol. The average molecular weight is 465 g/mol. The van der Waals surface area contributed by atoms with Gasteiger partial charge in [-0.25, -0.2) is 4.68 Å². The standard InChI is InChI=1S/C25H25ClN4O3/c1-17-14-22(31)24(27-30(17)21-5-3-2-4-20(21)26)25(32)29-11-9-28(10-12-29)16-18-6-7-23-19(15-18)8-13-33-23/h2-7,14-15H,8-13,16H2,1H3. The zero-order valence-corrected chi connectivity index (χ0v) is 19.2. The molecule has 2 aliphatic rings. The number of rotatable bonds is 4. The molecule has 1 saturated heterocycles. The van der Waals surface area contributed by atoms with Crippen LogP contribution in [-0.2, 0) is 13.0 Å². The third kappa shape index (κ3) is 4.38. The van der Waals surface area contributed by atoms with Crippen molar-refractivity contribution in [2.45, 2.75) is 19.9 Å². The van der Waals surface area contributed by atoms with E-state index in [-0.39, 0.29) is 17.0 Å². The number of nitrogens with zero attached hydrogens (tertiary/aromatic N) is 4. The zero-order valence-electron chi connectivity index (χ0n) is 18.5. The molecule has 7 nitrogen and oxygen atoms in total. The molecule has 2 aliphatic heterocycles. The van der Waals surface area contributed by atoms with Crippen molar-refractivity contribution in [3.63, 3.8) is 0 Å². The molecule has 0 bridgehead atoms. The minimum absolute atomic E-state index is 0.0763. The van der Waals surface area contributed by atoms with Crippen molar-refractivity contribution in [3.8, 4) is 11.4 Å². The summed E-state index contributed by atoms with van der Waals surface area (Å²) in [7, 11) is 0. The van der Waals surface area contributed by atoms with Gasteiger partial charge in [0, 0.05) is 50.9 Å². The van der Waals surface area contributed by atoms with Gasteiger partial charge < -0.3 is 9.64 Å². The highest BCUT2D eigenvalue weighted by Crippen LogP contribution is 2.26. The van der Waals surface area contributed by atoms with Gasteiger partial charge in [-0.3, -0.25) is 14.5 Å². The Kier molecular flexibility index (Phi) is 5.91. The van der Waals surface area contributed by atoms with E-state index >= 15 is 0 Å². The molecule has 1 amide bonds. The lowest BCUT2D eigenvalue weighted by Gasteiger charge is -2.34. The fourth-order valence-electron chi connectivity index (χ4n) is 4.42. The zero-order chi connectivity index (χ0) is 22.9. The fraction of sp³-hybridized carbons (Fsp3) is 0.320. The Morgan fingerprint density at radius 3 is 2.67 bits per heavy atom. The van der Waals surface area contributed by atoms with Gasteiger partial charge in [0.2, 0.25) is 5.43 Å². The van der Waals surface area contributed by atoms with E-state index in [9.17, 15) is 9.59 Å². The Morgan fingerprint density at radius 2 is 1.88 bits per heavy atom. The number of para-hydroxylation sites is 1. The molecule has 5 rings (SSSR count). The minimum Gasteiger partial charge on any atom is -0.493 e. The van der Waals surface area contributed by atoms with Gasteiger partial charge in [0.15, 0.2) is 5.69 Å². The van der Waals surface area contributed by atoms with E-state index < -0.39 is 0 Å². The summed E-state index contributed by atoms with van der Waals surface area (Å²) < 4.78 is 7.15. The van der Waals surface area contributed by atoms with Crippen LogP contribution < -0.4 is 10.2 Å². The molecule has 0 saturated carbocycles. The monoisotopic (exact) mass is 464 g/mol. The molecular formula is C25H25ClN4O3. The summed E-state index contributed by atoms with van der Waals surface area (Å²) in [6, 6.07) is 15.0. The first-order valence-electron chi connectivity index (χ1n) is 11.1. The van der Waals surface area contributed by atoms with Gasteiger partial charge in [-0.2, -0.15) is 5.10 Å².